The van der Waals surface area contributed by atoms with Gasteiger partial charge < -0.3 is 10.4 Å². The molecular formula is C13H16N2O4. The van der Waals surface area contributed by atoms with E-state index in [0.717, 1.165) is 12.8 Å². The molecule has 102 valence electrons. The first-order valence-corrected chi connectivity index (χ1v) is 6.32. The SMILES string of the molecule is O=C(NC1CCCCC1O)c1ccccc1[N+](=O)[O-]. The van der Waals surface area contributed by atoms with Gasteiger partial charge in [0.25, 0.3) is 11.6 Å². The van der Waals surface area contributed by atoms with Gasteiger partial charge >= 0.3 is 0 Å². The molecule has 1 amide bonds. The lowest BCUT2D eigenvalue weighted by atomic mass is 9.92. The van der Waals surface area contributed by atoms with E-state index in [1.165, 1.54) is 18.2 Å². The monoisotopic (exact) mass is 264 g/mol. The van der Waals surface area contributed by atoms with Crippen LogP contribution in [0.4, 0.5) is 5.69 Å². The fourth-order valence-corrected chi connectivity index (χ4v) is 2.35. The molecule has 0 radical (unpaired) electrons. The molecule has 2 N–H and O–H groups in total. The molecule has 0 aromatic heterocycles. The van der Waals surface area contributed by atoms with E-state index in [0.29, 0.717) is 12.8 Å². The van der Waals surface area contributed by atoms with Gasteiger partial charge in [-0.3, -0.25) is 14.9 Å². The molecule has 2 atom stereocenters. The highest BCUT2D eigenvalue weighted by Gasteiger charge is 2.27. The number of nitro groups is 1. The van der Waals surface area contributed by atoms with E-state index in [1.54, 1.807) is 6.07 Å². The molecule has 6 heteroatoms. The van der Waals surface area contributed by atoms with Crippen LogP contribution < -0.4 is 5.32 Å². The molecule has 19 heavy (non-hydrogen) atoms. The summed E-state index contributed by atoms with van der Waals surface area (Å²) in [6.45, 7) is 0. The third-order valence-electron chi connectivity index (χ3n) is 3.39. The van der Waals surface area contributed by atoms with Gasteiger partial charge in [-0.15, -0.1) is 0 Å². The minimum Gasteiger partial charge on any atom is -0.391 e. The first-order valence-electron chi connectivity index (χ1n) is 6.32. The van der Waals surface area contributed by atoms with Crippen LogP contribution in [0.1, 0.15) is 36.0 Å². The summed E-state index contributed by atoms with van der Waals surface area (Å²) in [5.74, 6) is -0.502. The Morgan fingerprint density at radius 2 is 2.00 bits per heavy atom. The minimum atomic E-state index is -0.577. The zero-order chi connectivity index (χ0) is 13.8. The van der Waals surface area contributed by atoms with Gasteiger partial charge in [-0.25, -0.2) is 0 Å². The van der Waals surface area contributed by atoms with Crippen molar-refractivity contribution < 1.29 is 14.8 Å². The Morgan fingerprint density at radius 3 is 2.68 bits per heavy atom. The summed E-state index contributed by atoms with van der Waals surface area (Å²) in [6, 6.07) is 5.50. The maximum atomic E-state index is 12.1. The van der Waals surface area contributed by atoms with Crippen molar-refractivity contribution in [1.82, 2.24) is 5.32 Å². The van der Waals surface area contributed by atoms with Crippen LogP contribution >= 0.6 is 0 Å². The lowest BCUT2D eigenvalue weighted by molar-refractivity contribution is -0.385. The smallest absolute Gasteiger partial charge is 0.282 e. The van der Waals surface area contributed by atoms with Gasteiger partial charge in [0.1, 0.15) is 5.56 Å². The molecule has 1 fully saturated rings. The van der Waals surface area contributed by atoms with Crippen LogP contribution in [0.15, 0.2) is 24.3 Å². The summed E-state index contributed by atoms with van der Waals surface area (Å²) in [7, 11) is 0. The predicted octanol–water partition coefficient (Wildman–Crippen LogP) is 1.63. The first-order chi connectivity index (χ1) is 9.09. The summed E-state index contributed by atoms with van der Waals surface area (Å²) in [4.78, 5) is 22.3. The average molecular weight is 264 g/mol. The van der Waals surface area contributed by atoms with E-state index in [1.807, 2.05) is 0 Å². The van der Waals surface area contributed by atoms with Gasteiger partial charge in [-0.2, -0.15) is 0 Å². The summed E-state index contributed by atoms with van der Waals surface area (Å²) >= 11 is 0. The minimum absolute atomic E-state index is 0.0327. The molecule has 6 nitrogen and oxygen atoms in total. The van der Waals surface area contributed by atoms with Gasteiger partial charge in [0.15, 0.2) is 0 Å². The third kappa shape index (κ3) is 3.08. The van der Waals surface area contributed by atoms with Gasteiger partial charge in [-0.05, 0) is 18.9 Å². The van der Waals surface area contributed by atoms with Crippen LogP contribution in [0.25, 0.3) is 0 Å². The van der Waals surface area contributed by atoms with Crippen molar-refractivity contribution in [3.05, 3.63) is 39.9 Å². The van der Waals surface area contributed by atoms with E-state index >= 15 is 0 Å². The zero-order valence-electron chi connectivity index (χ0n) is 10.4. The molecule has 1 saturated carbocycles. The second kappa shape index (κ2) is 5.79. The normalized spacial score (nSPS) is 22.8. The highest BCUT2D eigenvalue weighted by molar-refractivity contribution is 5.98. The molecule has 0 bridgehead atoms. The second-order valence-electron chi connectivity index (χ2n) is 4.71. The largest absolute Gasteiger partial charge is 0.391 e. The fourth-order valence-electron chi connectivity index (χ4n) is 2.35. The number of aliphatic hydroxyl groups is 1. The molecule has 1 aromatic rings. The van der Waals surface area contributed by atoms with Crippen molar-refractivity contribution in [2.45, 2.75) is 37.8 Å². The molecule has 0 aliphatic heterocycles. The van der Waals surface area contributed by atoms with E-state index in [9.17, 15) is 20.0 Å². The van der Waals surface area contributed by atoms with E-state index in [-0.39, 0.29) is 17.3 Å². The fraction of sp³-hybridized carbons (Fsp3) is 0.462. The molecule has 1 aromatic carbocycles. The number of nitrogens with one attached hydrogen (secondary N) is 1. The zero-order valence-corrected chi connectivity index (χ0v) is 10.4. The van der Waals surface area contributed by atoms with Crippen LogP contribution in [-0.2, 0) is 0 Å². The van der Waals surface area contributed by atoms with Gasteiger partial charge in [0.2, 0.25) is 0 Å². The first kappa shape index (κ1) is 13.5. The summed E-state index contributed by atoms with van der Waals surface area (Å²) in [5.41, 5.74) is -0.185. The second-order valence-corrected chi connectivity index (χ2v) is 4.71. The Bertz CT molecular complexity index is 489. The average Bonchev–Trinajstić information content (AvgIpc) is 2.41. The number of aliphatic hydroxyl groups excluding tert-OH is 1. The number of rotatable bonds is 3. The molecule has 0 saturated heterocycles. The van der Waals surface area contributed by atoms with Crippen molar-refractivity contribution in [2.75, 3.05) is 0 Å². The summed E-state index contributed by atoms with van der Waals surface area (Å²) < 4.78 is 0. The predicted molar refractivity (Wildman–Crippen MR) is 68.8 cm³/mol. The van der Waals surface area contributed by atoms with Crippen LogP contribution in [0.5, 0.6) is 0 Å². The maximum Gasteiger partial charge on any atom is 0.282 e. The Labute approximate surface area is 110 Å². The molecule has 0 heterocycles. The molecule has 2 unspecified atom stereocenters. The molecule has 1 aliphatic carbocycles. The van der Waals surface area contributed by atoms with Crippen LogP contribution in [-0.4, -0.2) is 28.1 Å². The summed E-state index contributed by atoms with van der Waals surface area (Å²) in [5, 5.41) is 23.3. The van der Waals surface area contributed by atoms with Gasteiger partial charge in [0.05, 0.1) is 17.1 Å². The lowest BCUT2D eigenvalue weighted by Gasteiger charge is -2.28. The number of benzene rings is 1. The Hall–Kier alpha value is -1.95. The Morgan fingerprint density at radius 1 is 1.32 bits per heavy atom. The number of carbonyl (C=O) groups excluding carboxylic acids is 1. The molecular weight excluding hydrogens is 248 g/mol. The van der Waals surface area contributed by atoms with Crippen LogP contribution in [0.3, 0.4) is 0 Å². The van der Waals surface area contributed by atoms with Gasteiger partial charge in [0, 0.05) is 6.07 Å². The highest BCUT2D eigenvalue weighted by Crippen LogP contribution is 2.21. The Balaban J connectivity index is 2.13. The van der Waals surface area contributed by atoms with Crippen molar-refractivity contribution >= 4 is 11.6 Å². The van der Waals surface area contributed by atoms with E-state index in [2.05, 4.69) is 5.32 Å². The van der Waals surface area contributed by atoms with Crippen molar-refractivity contribution in [3.8, 4) is 0 Å². The van der Waals surface area contributed by atoms with Crippen molar-refractivity contribution in [2.24, 2.45) is 0 Å². The molecule has 1 aliphatic rings. The standard InChI is InChI=1S/C13H16N2O4/c16-12-8-4-2-6-10(12)14-13(17)9-5-1-3-7-11(9)15(18)19/h1,3,5,7,10,12,16H,2,4,6,8H2,(H,14,17). The summed E-state index contributed by atoms with van der Waals surface area (Å²) in [6.07, 6.45) is 2.67. The van der Waals surface area contributed by atoms with Crippen molar-refractivity contribution in [3.63, 3.8) is 0 Å². The number of para-hydroxylation sites is 1. The van der Waals surface area contributed by atoms with Crippen LogP contribution in [0.2, 0.25) is 0 Å². The lowest BCUT2D eigenvalue weighted by Crippen LogP contribution is -2.45. The number of nitro benzene ring substituents is 1. The van der Waals surface area contributed by atoms with E-state index < -0.39 is 16.9 Å². The maximum absolute atomic E-state index is 12.1. The topological polar surface area (TPSA) is 92.5 Å². The number of carbonyl (C=O) groups is 1. The molecule has 0 spiro atoms. The third-order valence-corrected chi connectivity index (χ3v) is 3.39. The number of hydrogen-bond donors (Lipinski definition) is 2. The number of hydrogen-bond acceptors (Lipinski definition) is 4. The van der Waals surface area contributed by atoms with Crippen LogP contribution in [0, 0.1) is 10.1 Å². The highest BCUT2D eigenvalue weighted by atomic mass is 16.6. The van der Waals surface area contributed by atoms with Gasteiger partial charge in [-0.1, -0.05) is 25.0 Å². The Kier molecular flexibility index (Phi) is 4.11. The number of amides is 1. The molecule has 2 rings (SSSR count). The number of nitrogens with zero attached hydrogens (tertiary/aromatic N) is 1. The van der Waals surface area contributed by atoms with Crippen molar-refractivity contribution in [1.29, 1.82) is 0 Å². The van der Waals surface area contributed by atoms with E-state index in [4.69, 9.17) is 0 Å². The quantitative estimate of drug-likeness (QED) is 0.641.